The van der Waals surface area contributed by atoms with Crippen LogP contribution < -0.4 is 4.72 Å². The van der Waals surface area contributed by atoms with E-state index in [-0.39, 0.29) is 11.5 Å². The molecule has 0 aliphatic heterocycles. The Morgan fingerprint density at radius 1 is 1.19 bits per heavy atom. The minimum Gasteiger partial charge on any atom is -0.288 e. The van der Waals surface area contributed by atoms with Gasteiger partial charge < -0.3 is 0 Å². The summed E-state index contributed by atoms with van der Waals surface area (Å²) < 4.78 is 26.7. The summed E-state index contributed by atoms with van der Waals surface area (Å²) >= 11 is 4.69. The number of thiophene rings is 1. The fourth-order valence-corrected chi connectivity index (χ4v) is 4.25. The molecule has 112 valence electrons. The summed E-state index contributed by atoms with van der Waals surface area (Å²) in [6.07, 6.45) is 0.555. The molecule has 0 unspecified atom stereocenters. The SMILES string of the molecule is CCCS(=O)(=O)Nc1ccc(C(=O)c2ccc(Br)s2)cc1. The van der Waals surface area contributed by atoms with Gasteiger partial charge >= 0.3 is 0 Å². The predicted octanol–water partition coefficient (Wildman–Crippen LogP) is 3.89. The Balaban J connectivity index is 2.14. The highest BCUT2D eigenvalue weighted by Crippen LogP contribution is 2.25. The minimum absolute atomic E-state index is 0.0753. The van der Waals surface area contributed by atoms with Crippen molar-refractivity contribution >= 4 is 48.8 Å². The van der Waals surface area contributed by atoms with Gasteiger partial charge in [-0.05, 0) is 58.7 Å². The number of ketones is 1. The molecule has 0 saturated carbocycles. The molecule has 21 heavy (non-hydrogen) atoms. The van der Waals surface area contributed by atoms with E-state index in [1.165, 1.54) is 11.3 Å². The molecular weight excluding hydrogens is 374 g/mol. The van der Waals surface area contributed by atoms with Gasteiger partial charge in [0.25, 0.3) is 0 Å². The van der Waals surface area contributed by atoms with Crippen LogP contribution in [0.5, 0.6) is 0 Å². The fraction of sp³-hybridized carbons (Fsp3) is 0.214. The molecule has 0 aliphatic carbocycles. The van der Waals surface area contributed by atoms with Crippen LogP contribution in [0.25, 0.3) is 0 Å². The molecule has 0 fully saturated rings. The quantitative estimate of drug-likeness (QED) is 0.764. The molecule has 1 heterocycles. The summed E-state index contributed by atoms with van der Waals surface area (Å²) in [4.78, 5) is 12.8. The Hall–Kier alpha value is -1.18. The lowest BCUT2D eigenvalue weighted by atomic mass is 10.1. The van der Waals surface area contributed by atoms with Crippen molar-refractivity contribution in [3.63, 3.8) is 0 Å². The first-order chi connectivity index (χ1) is 9.91. The van der Waals surface area contributed by atoms with Gasteiger partial charge in [-0.15, -0.1) is 11.3 Å². The van der Waals surface area contributed by atoms with Crippen LogP contribution in [0, 0.1) is 0 Å². The van der Waals surface area contributed by atoms with Crippen LogP contribution in [-0.2, 0) is 10.0 Å². The first-order valence-corrected chi connectivity index (χ1v) is 9.58. The lowest BCUT2D eigenvalue weighted by Crippen LogP contribution is -2.16. The average molecular weight is 388 g/mol. The smallest absolute Gasteiger partial charge is 0.232 e. The molecule has 7 heteroatoms. The number of hydrogen-bond donors (Lipinski definition) is 1. The van der Waals surface area contributed by atoms with Crippen molar-refractivity contribution in [1.29, 1.82) is 0 Å². The Morgan fingerprint density at radius 3 is 2.38 bits per heavy atom. The lowest BCUT2D eigenvalue weighted by molar-refractivity contribution is 0.104. The van der Waals surface area contributed by atoms with Crippen LogP contribution in [0.4, 0.5) is 5.69 Å². The number of carbonyl (C=O) groups excluding carboxylic acids is 1. The third-order valence-corrected chi connectivity index (χ3v) is 5.81. The number of anilines is 1. The number of rotatable bonds is 6. The van der Waals surface area contributed by atoms with Gasteiger partial charge in [0.05, 0.1) is 14.4 Å². The van der Waals surface area contributed by atoms with Crippen molar-refractivity contribution in [2.75, 3.05) is 10.5 Å². The van der Waals surface area contributed by atoms with Crippen LogP contribution in [0.2, 0.25) is 0 Å². The van der Waals surface area contributed by atoms with E-state index >= 15 is 0 Å². The van der Waals surface area contributed by atoms with Gasteiger partial charge in [-0.2, -0.15) is 0 Å². The molecule has 0 saturated heterocycles. The van der Waals surface area contributed by atoms with Gasteiger partial charge in [-0.3, -0.25) is 9.52 Å². The molecule has 0 bridgehead atoms. The van der Waals surface area contributed by atoms with E-state index in [0.717, 1.165) is 3.79 Å². The van der Waals surface area contributed by atoms with E-state index in [9.17, 15) is 13.2 Å². The van der Waals surface area contributed by atoms with E-state index in [4.69, 9.17) is 0 Å². The zero-order chi connectivity index (χ0) is 15.5. The molecule has 1 N–H and O–H groups in total. The van der Waals surface area contributed by atoms with Gasteiger partial charge in [0.2, 0.25) is 15.8 Å². The second kappa shape index (κ2) is 6.72. The minimum atomic E-state index is -3.31. The van der Waals surface area contributed by atoms with E-state index in [1.54, 1.807) is 37.3 Å². The molecule has 4 nitrogen and oxygen atoms in total. The van der Waals surface area contributed by atoms with Gasteiger partial charge in [0.15, 0.2) is 0 Å². The van der Waals surface area contributed by atoms with Crippen LogP contribution in [0.15, 0.2) is 40.2 Å². The Labute approximate surface area is 136 Å². The molecule has 0 amide bonds. The number of halogens is 1. The molecule has 1 aromatic carbocycles. The summed E-state index contributed by atoms with van der Waals surface area (Å²) in [7, 11) is -3.31. The number of benzene rings is 1. The van der Waals surface area contributed by atoms with Crippen molar-refractivity contribution in [2.45, 2.75) is 13.3 Å². The maximum atomic E-state index is 12.2. The van der Waals surface area contributed by atoms with E-state index < -0.39 is 10.0 Å². The fourth-order valence-electron chi connectivity index (χ4n) is 1.77. The third kappa shape index (κ3) is 4.39. The highest BCUT2D eigenvalue weighted by atomic mass is 79.9. The number of sulfonamides is 1. The highest BCUT2D eigenvalue weighted by Gasteiger charge is 2.13. The molecule has 1 aromatic heterocycles. The number of carbonyl (C=O) groups is 1. The Kier molecular flexibility index (Phi) is 5.18. The molecule has 0 atom stereocenters. The second-order valence-corrected chi connectivity index (χ2v) is 8.74. The summed E-state index contributed by atoms with van der Waals surface area (Å²) in [6, 6.07) is 10.0. The van der Waals surface area contributed by atoms with E-state index in [2.05, 4.69) is 20.7 Å². The van der Waals surface area contributed by atoms with Crippen molar-refractivity contribution < 1.29 is 13.2 Å². The van der Waals surface area contributed by atoms with Crippen molar-refractivity contribution in [2.24, 2.45) is 0 Å². The second-order valence-electron chi connectivity index (χ2n) is 4.43. The van der Waals surface area contributed by atoms with E-state index in [0.29, 0.717) is 22.5 Å². The molecule has 0 aliphatic rings. The van der Waals surface area contributed by atoms with Crippen LogP contribution in [0.3, 0.4) is 0 Å². The van der Waals surface area contributed by atoms with Gasteiger partial charge in [-0.25, -0.2) is 8.42 Å². The number of hydrogen-bond acceptors (Lipinski definition) is 4. The zero-order valence-electron chi connectivity index (χ0n) is 11.3. The molecular formula is C14H14BrNO3S2. The van der Waals surface area contributed by atoms with Crippen molar-refractivity contribution in [1.82, 2.24) is 0 Å². The monoisotopic (exact) mass is 387 g/mol. The maximum absolute atomic E-state index is 12.2. The normalized spacial score (nSPS) is 11.3. The largest absolute Gasteiger partial charge is 0.288 e. The maximum Gasteiger partial charge on any atom is 0.232 e. The summed E-state index contributed by atoms with van der Waals surface area (Å²) in [5.74, 6) is 0.00495. The zero-order valence-corrected chi connectivity index (χ0v) is 14.5. The predicted molar refractivity (Wildman–Crippen MR) is 89.6 cm³/mol. The molecule has 0 radical (unpaired) electrons. The molecule has 2 aromatic rings. The Bertz CT molecular complexity index is 736. The van der Waals surface area contributed by atoms with Crippen LogP contribution >= 0.6 is 27.3 Å². The summed E-state index contributed by atoms with van der Waals surface area (Å²) in [5.41, 5.74) is 0.996. The van der Waals surface area contributed by atoms with Gasteiger partial charge in [0, 0.05) is 11.3 Å². The van der Waals surface area contributed by atoms with Gasteiger partial charge in [0.1, 0.15) is 0 Å². The summed E-state index contributed by atoms with van der Waals surface area (Å²) in [6.45, 7) is 1.81. The third-order valence-electron chi connectivity index (χ3n) is 2.69. The first kappa shape index (κ1) is 16.2. The average Bonchev–Trinajstić information content (AvgIpc) is 2.85. The molecule has 0 spiro atoms. The van der Waals surface area contributed by atoms with E-state index in [1.807, 2.05) is 6.07 Å². The Morgan fingerprint density at radius 2 is 1.86 bits per heavy atom. The van der Waals surface area contributed by atoms with Gasteiger partial charge in [-0.1, -0.05) is 6.92 Å². The van der Waals surface area contributed by atoms with Crippen LogP contribution in [-0.4, -0.2) is 20.0 Å². The molecule has 2 rings (SSSR count). The highest BCUT2D eigenvalue weighted by molar-refractivity contribution is 9.11. The first-order valence-electron chi connectivity index (χ1n) is 6.32. The summed E-state index contributed by atoms with van der Waals surface area (Å²) in [5, 5.41) is 0. The van der Waals surface area contributed by atoms with Crippen LogP contribution in [0.1, 0.15) is 28.6 Å². The van der Waals surface area contributed by atoms with Crippen molar-refractivity contribution in [3.05, 3.63) is 50.6 Å². The topological polar surface area (TPSA) is 63.2 Å². The number of nitrogens with one attached hydrogen (secondary N) is 1. The standard InChI is InChI=1S/C14H14BrNO3S2/c1-2-9-21(18,19)16-11-5-3-10(4-6-11)14(17)12-7-8-13(15)20-12/h3-8,16H,2,9H2,1H3. The lowest BCUT2D eigenvalue weighted by Gasteiger charge is -2.07. The van der Waals surface area contributed by atoms with Crippen molar-refractivity contribution in [3.8, 4) is 0 Å².